The molecule has 0 aliphatic carbocycles. The zero-order valence-electron chi connectivity index (χ0n) is 41.1. The van der Waals surface area contributed by atoms with Gasteiger partial charge in [0, 0.05) is 56.9 Å². The maximum atomic E-state index is 2.58. The zero-order chi connectivity index (χ0) is 49.6. The minimum absolute atomic E-state index is 1.23. The number of hydrogen-bond donors (Lipinski definition) is 0. The molecule has 0 saturated heterocycles. The molecule has 15 aromatic carbocycles. The summed E-state index contributed by atoms with van der Waals surface area (Å²) in [5, 5.41) is 25.6. The Kier molecular flexibility index (Phi) is 8.97. The van der Waals surface area contributed by atoms with Crippen molar-refractivity contribution < 1.29 is 0 Å². The highest BCUT2D eigenvalue weighted by molar-refractivity contribution is 7.27. The van der Waals surface area contributed by atoms with E-state index >= 15 is 0 Å². The fraction of sp³-hybridized carbons (Fsp3) is 0. The molecule has 0 radical (unpaired) electrons. The summed E-state index contributed by atoms with van der Waals surface area (Å²) in [6.45, 7) is 0. The van der Waals surface area contributed by atoms with Crippen LogP contribution in [0.1, 0.15) is 0 Å². The smallest absolute Gasteiger partial charge is 0.0440 e. The van der Waals surface area contributed by atoms with Crippen LogP contribution < -0.4 is 0 Å². The lowest BCUT2D eigenvalue weighted by Gasteiger charge is -2.21. The van der Waals surface area contributed by atoms with Crippen LogP contribution >= 0.6 is 22.7 Å². The van der Waals surface area contributed by atoms with Crippen LogP contribution in [0.2, 0.25) is 0 Å². The molecule has 0 aliphatic heterocycles. The predicted octanol–water partition coefficient (Wildman–Crippen LogP) is 22.3. The van der Waals surface area contributed by atoms with Crippen molar-refractivity contribution in [3.63, 3.8) is 0 Å². The summed E-state index contributed by atoms with van der Waals surface area (Å²) in [7, 11) is 0. The molecule has 0 unspecified atom stereocenters. The fourth-order valence-electron chi connectivity index (χ4n) is 13.5. The third-order valence-corrected chi connectivity index (χ3v) is 19.0. The molecular formula is C74H42S2. The molecule has 350 valence electrons. The second-order valence-electron chi connectivity index (χ2n) is 20.5. The van der Waals surface area contributed by atoms with Gasteiger partial charge in [0.05, 0.1) is 0 Å². The van der Waals surface area contributed by atoms with E-state index in [0.29, 0.717) is 0 Å². The normalized spacial score (nSPS) is 12.2. The van der Waals surface area contributed by atoms with Gasteiger partial charge in [-0.15, -0.1) is 22.7 Å². The van der Waals surface area contributed by atoms with Crippen molar-refractivity contribution in [1.82, 2.24) is 0 Å². The molecule has 76 heavy (non-hydrogen) atoms. The van der Waals surface area contributed by atoms with E-state index in [1.54, 1.807) is 0 Å². The van der Waals surface area contributed by atoms with E-state index in [1.165, 1.54) is 171 Å². The van der Waals surface area contributed by atoms with E-state index in [1.807, 2.05) is 22.7 Å². The molecule has 0 nitrogen and oxygen atoms in total. The molecule has 0 bridgehead atoms. The van der Waals surface area contributed by atoms with Gasteiger partial charge in [0.25, 0.3) is 0 Å². The van der Waals surface area contributed by atoms with Crippen LogP contribution in [0.3, 0.4) is 0 Å². The van der Waals surface area contributed by atoms with Gasteiger partial charge in [-0.3, -0.25) is 0 Å². The summed E-state index contributed by atoms with van der Waals surface area (Å²) in [4.78, 5) is 0. The molecule has 0 atom stereocenters. The molecule has 0 N–H and O–H groups in total. The Balaban J connectivity index is 1.04. The summed E-state index contributed by atoms with van der Waals surface area (Å²) in [5.74, 6) is 0. The highest BCUT2D eigenvalue weighted by Gasteiger charge is 2.27. The van der Waals surface area contributed by atoms with Gasteiger partial charge in [-0.05, 0) is 145 Å². The van der Waals surface area contributed by atoms with E-state index in [2.05, 4.69) is 255 Å². The highest BCUT2D eigenvalue weighted by Crippen LogP contribution is 2.56. The predicted molar refractivity (Wildman–Crippen MR) is 334 cm³/mol. The Labute approximate surface area is 445 Å². The summed E-state index contributed by atoms with van der Waals surface area (Å²) in [6.07, 6.45) is 0. The topological polar surface area (TPSA) is 0 Å². The molecule has 0 spiro atoms. The summed E-state index contributed by atoms with van der Waals surface area (Å²) in [6, 6.07) is 96.0. The minimum Gasteiger partial charge on any atom is -0.135 e. The van der Waals surface area contributed by atoms with Gasteiger partial charge in [-0.1, -0.05) is 224 Å². The Bertz CT molecular complexity index is 5220. The molecule has 0 saturated carbocycles. The van der Waals surface area contributed by atoms with Gasteiger partial charge >= 0.3 is 0 Å². The zero-order valence-corrected chi connectivity index (χ0v) is 42.7. The first-order valence-corrected chi connectivity index (χ1v) is 27.9. The second kappa shape index (κ2) is 16.2. The average Bonchev–Trinajstić information content (AvgIpc) is 4.22. The lowest BCUT2D eigenvalue weighted by atomic mass is 9.82. The molecule has 2 aromatic heterocycles. The van der Waals surface area contributed by atoms with Crippen molar-refractivity contribution in [3.05, 3.63) is 255 Å². The quantitative estimate of drug-likeness (QED) is 0.122. The monoisotopic (exact) mass is 994 g/mol. The molecule has 2 heterocycles. The van der Waals surface area contributed by atoms with Crippen molar-refractivity contribution in [1.29, 1.82) is 0 Å². The van der Waals surface area contributed by atoms with Crippen LogP contribution in [0.15, 0.2) is 255 Å². The maximum Gasteiger partial charge on any atom is 0.0440 e. The SMILES string of the molecule is c1ccc(-c2c3ccccc3c(-c3cc4cc(-c5c6ccccc6c(-c6cc7ccccc7c7c6ccc6ccccc67)c6ccccc56)c5sc6ccccc6c5c4c4c3sc3ccccc34)c3ccccc23)cc1. The van der Waals surface area contributed by atoms with Crippen LogP contribution in [0.25, 0.3) is 171 Å². The van der Waals surface area contributed by atoms with Crippen molar-refractivity contribution in [2.24, 2.45) is 0 Å². The van der Waals surface area contributed by atoms with E-state index in [4.69, 9.17) is 0 Å². The minimum atomic E-state index is 1.23. The standard InChI is InChI=1S/C74H42S2/c1-2-21-44(22-3-1)65-49-26-8-10-28-51(49)69(52-29-11-9-27-50(52)65)61-41-46-42-62(74-72(59-35-17-19-37-64(59)76-74)66(46)71-58-34-16-18-36-63(58)75-73(61)71)70-55-32-14-12-30-53(55)68(54-31-13-15-33-56(54)70)60-40-45-23-5-7-25-48(45)67-47-24-6-4-20-43(47)38-39-57(60)67/h1-42H. The lowest BCUT2D eigenvalue weighted by molar-refractivity contribution is 1.67. The van der Waals surface area contributed by atoms with Crippen LogP contribution in [0, 0.1) is 0 Å². The van der Waals surface area contributed by atoms with Crippen molar-refractivity contribution in [2.45, 2.75) is 0 Å². The Morgan fingerprint density at radius 1 is 0.197 bits per heavy atom. The Hall–Kier alpha value is -9.18. The van der Waals surface area contributed by atoms with Gasteiger partial charge in [-0.25, -0.2) is 0 Å². The number of hydrogen-bond acceptors (Lipinski definition) is 2. The van der Waals surface area contributed by atoms with E-state index in [9.17, 15) is 0 Å². The van der Waals surface area contributed by atoms with Gasteiger partial charge in [-0.2, -0.15) is 0 Å². The van der Waals surface area contributed by atoms with Crippen LogP contribution in [-0.4, -0.2) is 0 Å². The second-order valence-corrected chi connectivity index (χ2v) is 22.6. The van der Waals surface area contributed by atoms with Gasteiger partial charge < -0.3 is 0 Å². The number of benzene rings is 15. The molecule has 0 fully saturated rings. The molecule has 17 aromatic rings. The number of rotatable bonds is 4. The first kappa shape index (κ1) is 42.2. The maximum absolute atomic E-state index is 2.58. The van der Waals surface area contributed by atoms with Crippen molar-refractivity contribution >= 4 is 149 Å². The van der Waals surface area contributed by atoms with Crippen LogP contribution in [0.4, 0.5) is 0 Å². The Morgan fingerprint density at radius 2 is 0.553 bits per heavy atom. The number of fused-ring (bicyclic) bond motifs is 18. The molecular weight excluding hydrogens is 953 g/mol. The fourth-order valence-corrected chi connectivity index (χ4v) is 16.0. The van der Waals surface area contributed by atoms with E-state index in [0.717, 1.165) is 0 Å². The largest absolute Gasteiger partial charge is 0.135 e. The molecule has 17 rings (SSSR count). The highest BCUT2D eigenvalue weighted by atomic mass is 32.1. The van der Waals surface area contributed by atoms with Crippen molar-refractivity contribution in [3.8, 4) is 44.5 Å². The van der Waals surface area contributed by atoms with Gasteiger partial charge in [0.15, 0.2) is 0 Å². The first-order valence-electron chi connectivity index (χ1n) is 26.2. The summed E-state index contributed by atoms with van der Waals surface area (Å²) >= 11 is 3.88. The third-order valence-electron chi connectivity index (χ3n) is 16.6. The summed E-state index contributed by atoms with van der Waals surface area (Å²) in [5.41, 5.74) is 10.2. The lowest BCUT2D eigenvalue weighted by Crippen LogP contribution is -1.94. The van der Waals surface area contributed by atoms with Gasteiger partial charge in [0.2, 0.25) is 0 Å². The van der Waals surface area contributed by atoms with E-state index in [-0.39, 0.29) is 0 Å². The van der Waals surface area contributed by atoms with Crippen molar-refractivity contribution in [2.75, 3.05) is 0 Å². The van der Waals surface area contributed by atoms with Gasteiger partial charge in [0.1, 0.15) is 0 Å². The Morgan fingerprint density at radius 3 is 1.04 bits per heavy atom. The van der Waals surface area contributed by atoms with Crippen LogP contribution in [-0.2, 0) is 0 Å². The third kappa shape index (κ3) is 5.88. The first-order chi connectivity index (χ1) is 37.7. The molecule has 2 heteroatoms. The van der Waals surface area contributed by atoms with E-state index < -0.39 is 0 Å². The number of thiophene rings is 2. The molecule has 0 aliphatic rings. The molecule has 0 amide bonds. The van der Waals surface area contributed by atoms with Crippen LogP contribution in [0.5, 0.6) is 0 Å². The summed E-state index contributed by atoms with van der Waals surface area (Å²) < 4.78 is 5.26. The average molecular weight is 995 g/mol.